The summed E-state index contributed by atoms with van der Waals surface area (Å²) in [5.74, 6) is -0.533. The van der Waals surface area contributed by atoms with Crippen LogP contribution in [0.4, 0.5) is 11.4 Å². The number of carbonyl (C=O) groups is 2. The highest BCUT2D eigenvalue weighted by atomic mass is 35.5. The van der Waals surface area contributed by atoms with Crippen LogP contribution in [-0.2, 0) is 9.59 Å². The summed E-state index contributed by atoms with van der Waals surface area (Å²) in [4.78, 5) is 23.8. The lowest BCUT2D eigenvalue weighted by molar-refractivity contribution is -0.117. The number of hydrogen-bond acceptors (Lipinski definition) is 4. The summed E-state index contributed by atoms with van der Waals surface area (Å²) in [7, 11) is 0. The van der Waals surface area contributed by atoms with E-state index in [9.17, 15) is 9.59 Å². The van der Waals surface area contributed by atoms with Crippen LogP contribution in [0.25, 0.3) is 0 Å². The van der Waals surface area contributed by atoms with Crippen LogP contribution >= 0.6 is 22.9 Å². The first-order chi connectivity index (χ1) is 9.97. The first kappa shape index (κ1) is 15.5. The number of rotatable bonds is 4. The summed E-state index contributed by atoms with van der Waals surface area (Å²) in [6, 6.07) is 7.75. The molecule has 4 N–H and O–H groups in total. The van der Waals surface area contributed by atoms with Crippen LogP contribution in [0.3, 0.4) is 0 Å². The summed E-state index contributed by atoms with van der Waals surface area (Å²) in [5.41, 5.74) is 6.88. The second-order valence-electron chi connectivity index (χ2n) is 4.36. The van der Waals surface area contributed by atoms with Gasteiger partial charge in [-0.3, -0.25) is 9.59 Å². The standard InChI is InChI=1S/C14H14ClN3O2S/c1-8(19)17-11-5-4-9(7-10(11)15)18-14(20)13(16)12-3-2-6-21-12/h2-7,13H,16H2,1H3,(H,17,19)(H,18,20). The highest BCUT2D eigenvalue weighted by Gasteiger charge is 2.17. The minimum Gasteiger partial charge on any atom is -0.325 e. The lowest BCUT2D eigenvalue weighted by Gasteiger charge is -2.12. The molecule has 1 aromatic heterocycles. The monoisotopic (exact) mass is 323 g/mol. The van der Waals surface area contributed by atoms with Crippen molar-refractivity contribution in [2.45, 2.75) is 13.0 Å². The molecule has 0 fully saturated rings. The molecule has 0 bridgehead atoms. The summed E-state index contributed by atoms with van der Waals surface area (Å²) in [5, 5.41) is 7.49. The van der Waals surface area contributed by atoms with Crippen molar-refractivity contribution in [3.05, 3.63) is 45.6 Å². The van der Waals surface area contributed by atoms with E-state index in [-0.39, 0.29) is 11.8 Å². The van der Waals surface area contributed by atoms with E-state index in [1.165, 1.54) is 18.3 Å². The second-order valence-corrected chi connectivity index (χ2v) is 5.74. The van der Waals surface area contributed by atoms with E-state index in [0.29, 0.717) is 16.4 Å². The van der Waals surface area contributed by atoms with Gasteiger partial charge in [0.15, 0.2) is 0 Å². The molecule has 1 heterocycles. The fourth-order valence-electron chi connectivity index (χ4n) is 1.70. The number of amides is 2. The Labute approximate surface area is 131 Å². The number of carbonyl (C=O) groups excluding carboxylic acids is 2. The van der Waals surface area contributed by atoms with Gasteiger partial charge >= 0.3 is 0 Å². The zero-order valence-electron chi connectivity index (χ0n) is 11.2. The molecule has 2 rings (SSSR count). The molecule has 0 radical (unpaired) electrons. The Morgan fingerprint density at radius 3 is 2.62 bits per heavy atom. The van der Waals surface area contributed by atoms with Crippen molar-refractivity contribution in [2.24, 2.45) is 5.73 Å². The molecule has 7 heteroatoms. The van der Waals surface area contributed by atoms with E-state index in [0.717, 1.165) is 4.88 Å². The van der Waals surface area contributed by atoms with Gasteiger partial charge in [0, 0.05) is 17.5 Å². The second kappa shape index (κ2) is 6.71. The normalized spacial score (nSPS) is 11.8. The van der Waals surface area contributed by atoms with Crippen molar-refractivity contribution in [1.82, 2.24) is 0 Å². The Hall–Kier alpha value is -1.89. The third kappa shape index (κ3) is 4.04. The van der Waals surface area contributed by atoms with Gasteiger partial charge in [-0.05, 0) is 29.6 Å². The number of benzene rings is 1. The maximum absolute atomic E-state index is 12.0. The Morgan fingerprint density at radius 2 is 2.05 bits per heavy atom. The maximum atomic E-state index is 12.0. The SMILES string of the molecule is CC(=O)Nc1ccc(NC(=O)C(N)c2cccs2)cc1Cl. The smallest absolute Gasteiger partial charge is 0.246 e. The highest BCUT2D eigenvalue weighted by Crippen LogP contribution is 2.26. The molecule has 2 amide bonds. The summed E-state index contributed by atoms with van der Waals surface area (Å²) in [6.07, 6.45) is 0. The van der Waals surface area contributed by atoms with E-state index in [1.54, 1.807) is 18.2 Å². The van der Waals surface area contributed by atoms with Gasteiger partial charge in [-0.1, -0.05) is 17.7 Å². The van der Waals surface area contributed by atoms with Crippen molar-refractivity contribution >= 4 is 46.1 Å². The molecular formula is C14H14ClN3O2S. The van der Waals surface area contributed by atoms with Gasteiger partial charge in [0.1, 0.15) is 6.04 Å². The maximum Gasteiger partial charge on any atom is 0.246 e. The van der Waals surface area contributed by atoms with E-state index in [1.807, 2.05) is 17.5 Å². The number of thiophene rings is 1. The molecule has 0 aliphatic heterocycles. The molecule has 0 aliphatic rings. The Bertz CT molecular complexity index is 658. The van der Waals surface area contributed by atoms with Gasteiger partial charge in [-0.15, -0.1) is 11.3 Å². The van der Waals surface area contributed by atoms with E-state index in [4.69, 9.17) is 17.3 Å². The largest absolute Gasteiger partial charge is 0.325 e. The highest BCUT2D eigenvalue weighted by molar-refractivity contribution is 7.10. The van der Waals surface area contributed by atoms with E-state index < -0.39 is 6.04 Å². The topological polar surface area (TPSA) is 84.2 Å². The Kier molecular flexibility index (Phi) is 4.95. The van der Waals surface area contributed by atoms with Crippen LogP contribution in [0.1, 0.15) is 17.8 Å². The molecule has 0 aliphatic carbocycles. The van der Waals surface area contributed by atoms with Gasteiger partial charge in [-0.2, -0.15) is 0 Å². The van der Waals surface area contributed by atoms with Gasteiger partial charge in [0.05, 0.1) is 10.7 Å². The van der Waals surface area contributed by atoms with Gasteiger partial charge in [-0.25, -0.2) is 0 Å². The molecule has 2 aromatic rings. The van der Waals surface area contributed by atoms with Gasteiger partial charge in [0.2, 0.25) is 11.8 Å². The van der Waals surface area contributed by atoms with E-state index >= 15 is 0 Å². The van der Waals surface area contributed by atoms with Crippen LogP contribution in [0.2, 0.25) is 5.02 Å². The van der Waals surface area contributed by atoms with Crippen molar-refractivity contribution in [1.29, 1.82) is 0 Å². The first-order valence-corrected chi connectivity index (χ1v) is 7.40. The lowest BCUT2D eigenvalue weighted by atomic mass is 10.2. The number of anilines is 2. The predicted molar refractivity (Wildman–Crippen MR) is 85.6 cm³/mol. The number of nitrogens with two attached hydrogens (primary N) is 1. The molecule has 1 aromatic carbocycles. The van der Waals surface area contributed by atoms with Crippen molar-refractivity contribution in [2.75, 3.05) is 10.6 Å². The molecule has 0 saturated heterocycles. The molecule has 1 unspecified atom stereocenters. The molecular weight excluding hydrogens is 310 g/mol. The predicted octanol–water partition coefficient (Wildman–Crippen LogP) is 3.00. The summed E-state index contributed by atoms with van der Waals surface area (Å²) < 4.78 is 0. The van der Waals surface area contributed by atoms with Crippen molar-refractivity contribution < 1.29 is 9.59 Å². The van der Waals surface area contributed by atoms with Crippen LogP contribution < -0.4 is 16.4 Å². The van der Waals surface area contributed by atoms with Crippen LogP contribution in [0, 0.1) is 0 Å². The molecule has 1 atom stereocenters. The Morgan fingerprint density at radius 1 is 1.29 bits per heavy atom. The fraction of sp³-hybridized carbons (Fsp3) is 0.143. The minimum absolute atomic E-state index is 0.214. The molecule has 110 valence electrons. The average molecular weight is 324 g/mol. The molecule has 0 saturated carbocycles. The number of nitrogens with one attached hydrogen (secondary N) is 2. The molecule has 21 heavy (non-hydrogen) atoms. The fourth-order valence-corrected chi connectivity index (χ4v) is 2.65. The molecule has 5 nitrogen and oxygen atoms in total. The quantitative estimate of drug-likeness (QED) is 0.808. The minimum atomic E-state index is -0.723. The van der Waals surface area contributed by atoms with Crippen molar-refractivity contribution in [3.8, 4) is 0 Å². The van der Waals surface area contributed by atoms with Crippen LogP contribution in [-0.4, -0.2) is 11.8 Å². The zero-order valence-corrected chi connectivity index (χ0v) is 12.8. The zero-order chi connectivity index (χ0) is 15.4. The summed E-state index contributed by atoms with van der Waals surface area (Å²) in [6.45, 7) is 1.39. The van der Waals surface area contributed by atoms with Crippen LogP contribution in [0.15, 0.2) is 35.7 Å². The third-order valence-corrected chi connectivity index (χ3v) is 3.95. The first-order valence-electron chi connectivity index (χ1n) is 6.14. The van der Waals surface area contributed by atoms with Gasteiger partial charge < -0.3 is 16.4 Å². The average Bonchev–Trinajstić information content (AvgIpc) is 2.94. The van der Waals surface area contributed by atoms with Crippen molar-refractivity contribution in [3.63, 3.8) is 0 Å². The Balaban J connectivity index is 2.08. The summed E-state index contributed by atoms with van der Waals surface area (Å²) >= 11 is 7.46. The molecule has 0 spiro atoms. The van der Waals surface area contributed by atoms with E-state index in [2.05, 4.69) is 10.6 Å². The third-order valence-electron chi connectivity index (χ3n) is 2.68. The lowest BCUT2D eigenvalue weighted by Crippen LogP contribution is -2.26. The number of hydrogen-bond donors (Lipinski definition) is 3. The van der Waals surface area contributed by atoms with Gasteiger partial charge in [0.25, 0.3) is 0 Å². The number of halogens is 1. The van der Waals surface area contributed by atoms with Crippen LogP contribution in [0.5, 0.6) is 0 Å².